The van der Waals surface area contributed by atoms with Crippen molar-refractivity contribution in [2.75, 3.05) is 13.7 Å². The molecule has 1 aromatic carbocycles. The van der Waals surface area contributed by atoms with Gasteiger partial charge in [0.25, 0.3) is 0 Å². The molecule has 4 heteroatoms. The zero-order valence-corrected chi connectivity index (χ0v) is 14.3. The van der Waals surface area contributed by atoms with E-state index in [1.165, 1.54) is 10.4 Å². The molecule has 1 heterocycles. The van der Waals surface area contributed by atoms with E-state index in [-0.39, 0.29) is 0 Å². The van der Waals surface area contributed by atoms with E-state index in [4.69, 9.17) is 4.74 Å². The molecule has 1 unspecified atom stereocenters. The van der Waals surface area contributed by atoms with E-state index in [0.29, 0.717) is 6.04 Å². The number of thiophene rings is 1. The minimum atomic E-state index is 0.311. The minimum absolute atomic E-state index is 0.311. The highest BCUT2D eigenvalue weighted by Crippen LogP contribution is 2.27. The van der Waals surface area contributed by atoms with E-state index < -0.39 is 0 Å². The predicted molar refractivity (Wildman–Crippen MR) is 89.8 cm³/mol. The fraction of sp³-hybridized carbons (Fsp3) is 0.375. The van der Waals surface area contributed by atoms with Crippen molar-refractivity contribution in [3.8, 4) is 5.75 Å². The van der Waals surface area contributed by atoms with Crippen LogP contribution >= 0.6 is 27.3 Å². The van der Waals surface area contributed by atoms with Crippen molar-refractivity contribution in [1.82, 2.24) is 5.32 Å². The molecule has 0 amide bonds. The molecular formula is C16H20BrNOS. The first-order chi connectivity index (χ1) is 9.72. The third-order valence-corrected chi connectivity index (χ3v) is 4.83. The Balaban J connectivity index is 2.10. The maximum absolute atomic E-state index is 5.71. The first-order valence-electron chi connectivity index (χ1n) is 6.86. The first-order valence-corrected chi connectivity index (χ1v) is 8.53. The van der Waals surface area contributed by atoms with Gasteiger partial charge in [-0.3, -0.25) is 0 Å². The Labute approximate surface area is 133 Å². The quantitative estimate of drug-likeness (QED) is 0.771. The normalized spacial score (nSPS) is 12.3. The monoisotopic (exact) mass is 353 g/mol. The van der Waals surface area contributed by atoms with Gasteiger partial charge >= 0.3 is 0 Å². The van der Waals surface area contributed by atoms with Crippen LogP contribution in [0.2, 0.25) is 0 Å². The van der Waals surface area contributed by atoms with Crippen molar-refractivity contribution < 1.29 is 4.74 Å². The lowest BCUT2D eigenvalue weighted by molar-refractivity contribution is 0.317. The van der Waals surface area contributed by atoms with E-state index in [0.717, 1.165) is 29.7 Å². The number of nitrogens with one attached hydrogen (secondary N) is 1. The molecule has 0 aliphatic rings. The van der Waals surface area contributed by atoms with Gasteiger partial charge in [0.05, 0.1) is 6.61 Å². The smallest absolute Gasteiger partial charge is 0.119 e. The number of hydrogen-bond acceptors (Lipinski definition) is 3. The van der Waals surface area contributed by atoms with Crippen LogP contribution < -0.4 is 10.1 Å². The highest BCUT2D eigenvalue weighted by molar-refractivity contribution is 9.10. The predicted octanol–water partition coefficient (Wildman–Crippen LogP) is 4.80. The summed E-state index contributed by atoms with van der Waals surface area (Å²) in [7, 11) is 2.01. The van der Waals surface area contributed by atoms with Gasteiger partial charge in [-0.05, 0) is 53.2 Å². The summed E-state index contributed by atoms with van der Waals surface area (Å²) >= 11 is 5.30. The second kappa shape index (κ2) is 7.81. The minimum Gasteiger partial charge on any atom is -0.494 e. The Morgan fingerprint density at radius 2 is 2.20 bits per heavy atom. The van der Waals surface area contributed by atoms with Crippen LogP contribution in [0.15, 0.2) is 40.2 Å². The fourth-order valence-corrected chi connectivity index (χ4v) is 3.59. The summed E-state index contributed by atoms with van der Waals surface area (Å²) in [6, 6.07) is 10.9. The van der Waals surface area contributed by atoms with E-state index in [2.05, 4.69) is 57.8 Å². The molecule has 2 nitrogen and oxygen atoms in total. The van der Waals surface area contributed by atoms with Gasteiger partial charge < -0.3 is 10.1 Å². The third-order valence-electron chi connectivity index (χ3n) is 3.11. The molecule has 0 saturated carbocycles. The van der Waals surface area contributed by atoms with Crippen LogP contribution in [-0.2, 0) is 6.42 Å². The van der Waals surface area contributed by atoms with Gasteiger partial charge in [-0.15, -0.1) is 11.3 Å². The van der Waals surface area contributed by atoms with Crippen LogP contribution in [0.5, 0.6) is 5.75 Å². The molecule has 2 rings (SSSR count). The average molecular weight is 354 g/mol. The lowest BCUT2D eigenvalue weighted by Crippen LogP contribution is -2.18. The fourth-order valence-electron chi connectivity index (χ4n) is 2.09. The average Bonchev–Trinajstić information content (AvgIpc) is 2.88. The number of likely N-dealkylation sites (N-methyl/N-ethyl adjacent to an activating group) is 1. The first kappa shape index (κ1) is 15.5. The second-order valence-electron chi connectivity index (χ2n) is 4.70. The number of ether oxygens (including phenoxy) is 1. The van der Waals surface area contributed by atoms with Crippen molar-refractivity contribution in [3.05, 3.63) is 50.6 Å². The maximum atomic E-state index is 5.71. The Hall–Kier alpha value is -0.840. The standard InChI is InChI=1S/C16H20BrNOS/c1-3-7-19-14-6-4-5-12(8-14)16(18-2)10-15-9-13(17)11-20-15/h4-6,8-9,11,16,18H,3,7,10H2,1-2H3. The van der Waals surface area contributed by atoms with Crippen molar-refractivity contribution >= 4 is 27.3 Å². The molecule has 0 aliphatic heterocycles. The molecule has 1 aromatic heterocycles. The molecule has 0 spiro atoms. The second-order valence-corrected chi connectivity index (χ2v) is 6.61. The van der Waals surface area contributed by atoms with E-state index in [1.807, 2.05) is 13.1 Å². The molecule has 108 valence electrons. The molecule has 1 atom stereocenters. The van der Waals surface area contributed by atoms with Gasteiger partial charge in [0.2, 0.25) is 0 Å². The van der Waals surface area contributed by atoms with Crippen LogP contribution in [0.3, 0.4) is 0 Å². The molecule has 0 bridgehead atoms. The Morgan fingerprint density at radius 3 is 2.85 bits per heavy atom. The summed E-state index contributed by atoms with van der Waals surface area (Å²) in [4.78, 5) is 1.37. The van der Waals surface area contributed by atoms with Crippen LogP contribution in [-0.4, -0.2) is 13.7 Å². The largest absolute Gasteiger partial charge is 0.494 e. The van der Waals surface area contributed by atoms with Gasteiger partial charge in [-0.2, -0.15) is 0 Å². The van der Waals surface area contributed by atoms with Gasteiger partial charge in [0.15, 0.2) is 0 Å². The summed E-state index contributed by atoms with van der Waals surface area (Å²) in [5, 5.41) is 5.52. The number of rotatable bonds is 7. The molecule has 0 radical (unpaired) electrons. The van der Waals surface area contributed by atoms with E-state index >= 15 is 0 Å². The topological polar surface area (TPSA) is 21.3 Å². The highest BCUT2D eigenvalue weighted by Gasteiger charge is 2.12. The third kappa shape index (κ3) is 4.33. The molecule has 0 aliphatic carbocycles. The zero-order chi connectivity index (χ0) is 14.4. The van der Waals surface area contributed by atoms with Crippen LogP contribution in [0.25, 0.3) is 0 Å². The zero-order valence-electron chi connectivity index (χ0n) is 11.9. The number of hydrogen-bond donors (Lipinski definition) is 1. The summed E-state index contributed by atoms with van der Waals surface area (Å²) in [6.07, 6.45) is 2.02. The van der Waals surface area contributed by atoms with Gasteiger partial charge in [0, 0.05) is 27.2 Å². The number of benzene rings is 1. The molecule has 20 heavy (non-hydrogen) atoms. The lowest BCUT2D eigenvalue weighted by Gasteiger charge is -2.17. The van der Waals surface area contributed by atoms with E-state index in [9.17, 15) is 0 Å². The molecule has 2 aromatic rings. The van der Waals surface area contributed by atoms with E-state index in [1.54, 1.807) is 11.3 Å². The summed E-state index contributed by atoms with van der Waals surface area (Å²) in [5.41, 5.74) is 1.27. The molecule has 1 N–H and O–H groups in total. The molecule has 0 fully saturated rings. The Kier molecular flexibility index (Phi) is 6.07. The van der Waals surface area contributed by atoms with Crippen molar-refractivity contribution in [2.24, 2.45) is 0 Å². The van der Waals surface area contributed by atoms with Crippen LogP contribution in [0, 0.1) is 0 Å². The number of halogens is 1. The van der Waals surface area contributed by atoms with Crippen molar-refractivity contribution in [3.63, 3.8) is 0 Å². The van der Waals surface area contributed by atoms with Gasteiger partial charge in [0.1, 0.15) is 5.75 Å². The van der Waals surface area contributed by atoms with Crippen molar-refractivity contribution in [2.45, 2.75) is 25.8 Å². The van der Waals surface area contributed by atoms with Gasteiger partial charge in [-0.25, -0.2) is 0 Å². The van der Waals surface area contributed by atoms with Gasteiger partial charge in [-0.1, -0.05) is 19.1 Å². The SMILES string of the molecule is CCCOc1cccc(C(Cc2cc(Br)cs2)NC)c1. The summed E-state index contributed by atoms with van der Waals surface area (Å²) in [5.74, 6) is 0.956. The Bertz CT molecular complexity index is 541. The maximum Gasteiger partial charge on any atom is 0.119 e. The van der Waals surface area contributed by atoms with Crippen LogP contribution in [0.4, 0.5) is 0 Å². The molecule has 0 saturated heterocycles. The van der Waals surface area contributed by atoms with Crippen LogP contribution in [0.1, 0.15) is 29.8 Å². The van der Waals surface area contributed by atoms with Crippen molar-refractivity contribution in [1.29, 1.82) is 0 Å². The summed E-state index contributed by atoms with van der Waals surface area (Å²) < 4.78 is 6.87. The Morgan fingerprint density at radius 1 is 1.35 bits per heavy atom. The summed E-state index contributed by atoms with van der Waals surface area (Å²) in [6.45, 7) is 2.89. The molecular weight excluding hydrogens is 334 g/mol. The lowest BCUT2D eigenvalue weighted by atomic mass is 10.0. The highest BCUT2D eigenvalue weighted by atomic mass is 79.9.